The van der Waals surface area contributed by atoms with Gasteiger partial charge in [-0.1, -0.05) is 13.3 Å². The molecule has 1 amide bonds. The molecule has 0 atom stereocenters. The highest BCUT2D eigenvalue weighted by molar-refractivity contribution is 5.49. The largest absolute Gasteiger partial charge is 0.370 e. The summed E-state index contributed by atoms with van der Waals surface area (Å²) in [5.74, 6) is 1.65. The molecule has 1 N–H and O–H groups in total. The first-order valence-electron chi connectivity index (χ1n) is 7.26. The number of aryl methyl sites for hydroxylation is 1. The number of hydrogen-bond acceptors (Lipinski definition) is 5. The van der Waals surface area contributed by atoms with Gasteiger partial charge < -0.3 is 15.1 Å². The van der Waals surface area contributed by atoms with Gasteiger partial charge in [-0.05, 0) is 13.3 Å². The van der Waals surface area contributed by atoms with Crippen molar-refractivity contribution in [1.29, 1.82) is 0 Å². The number of amides is 1. The number of rotatable bonds is 6. The molecule has 1 aromatic heterocycles. The van der Waals surface area contributed by atoms with Gasteiger partial charge in [0.05, 0.1) is 0 Å². The maximum Gasteiger partial charge on any atom is 0.227 e. The average molecular weight is 277 g/mol. The summed E-state index contributed by atoms with van der Waals surface area (Å²) in [6.45, 7) is 8.14. The van der Waals surface area contributed by atoms with Crippen molar-refractivity contribution in [3.05, 3.63) is 11.8 Å². The van der Waals surface area contributed by atoms with Crippen molar-refractivity contribution >= 4 is 18.2 Å². The van der Waals surface area contributed by atoms with Crippen molar-refractivity contribution in [1.82, 2.24) is 14.9 Å². The van der Waals surface area contributed by atoms with E-state index in [9.17, 15) is 4.79 Å². The molecule has 1 aliphatic heterocycles. The normalized spacial score (nSPS) is 15.3. The van der Waals surface area contributed by atoms with Crippen LogP contribution in [0.4, 0.5) is 11.8 Å². The Morgan fingerprint density at radius 2 is 2.05 bits per heavy atom. The van der Waals surface area contributed by atoms with Crippen molar-refractivity contribution in [3.8, 4) is 0 Å². The van der Waals surface area contributed by atoms with E-state index in [1.165, 1.54) is 0 Å². The number of carbonyl (C=O) groups is 1. The highest BCUT2D eigenvalue weighted by atomic mass is 16.1. The van der Waals surface area contributed by atoms with Gasteiger partial charge in [-0.3, -0.25) is 4.79 Å². The lowest BCUT2D eigenvalue weighted by molar-refractivity contribution is -0.118. The fourth-order valence-electron chi connectivity index (χ4n) is 2.21. The summed E-state index contributed by atoms with van der Waals surface area (Å²) in [6.07, 6.45) is 3.21. The van der Waals surface area contributed by atoms with Crippen molar-refractivity contribution in [2.45, 2.75) is 26.7 Å². The van der Waals surface area contributed by atoms with Crippen LogP contribution in [-0.4, -0.2) is 54.0 Å². The molecule has 1 aromatic rings. The number of hydrogen-bond donors (Lipinski definition) is 1. The molecule has 110 valence electrons. The van der Waals surface area contributed by atoms with Gasteiger partial charge in [0.1, 0.15) is 5.82 Å². The maximum absolute atomic E-state index is 10.7. The summed E-state index contributed by atoms with van der Waals surface area (Å²) in [7, 11) is 0. The molecule has 6 heteroatoms. The Kier molecular flexibility index (Phi) is 5.15. The Bertz CT molecular complexity index is 443. The van der Waals surface area contributed by atoms with Crippen LogP contribution in [0.25, 0.3) is 0 Å². The van der Waals surface area contributed by atoms with Crippen LogP contribution in [-0.2, 0) is 4.79 Å². The van der Waals surface area contributed by atoms with Gasteiger partial charge in [-0.2, -0.15) is 4.98 Å². The summed E-state index contributed by atoms with van der Waals surface area (Å²) < 4.78 is 0. The molecule has 0 bridgehead atoms. The van der Waals surface area contributed by atoms with Crippen molar-refractivity contribution < 1.29 is 4.79 Å². The molecule has 0 unspecified atom stereocenters. The van der Waals surface area contributed by atoms with Crippen LogP contribution >= 0.6 is 0 Å². The van der Waals surface area contributed by atoms with Gasteiger partial charge in [0.2, 0.25) is 12.4 Å². The van der Waals surface area contributed by atoms with Gasteiger partial charge in [-0.25, -0.2) is 4.98 Å². The average Bonchev–Trinajstić information content (AvgIpc) is 2.47. The maximum atomic E-state index is 10.7. The zero-order valence-electron chi connectivity index (χ0n) is 12.3. The number of nitrogens with zero attached hydrogens (tertiary/aromatic N) is 4. The molecule has 6 nitrogen and oxygen atoms in total. The number of piperazine rings is 1. The minimum atomic E-state index is 0.736. The number of unbranched alkanes of at least 4 members (excludes halogenated alkanes) is 1. The van der Waals surface area contributed by atoms with E-state index in [4.69, 9.17) is 0 Å². The lowest BCUT2D eigenvalue weighted by Gasteiger charge is -2.32. The second-order valence-electron chi connectivity index (χ2n) is 5.10. The van der Waals surface area contributed by atoms with E-state index in [-0.39, 0.29) is 0 Å². The molecule has 0 aromatic carbocycles. The molecule has 1 aliphatic rings. The van der Waals surface area contributed by atoms with Crippen LogP contribution in [0.2, 0.25) is 0 Å². The topological polar surface area (TPSA) is 61.4 Å². The first-order valence-corrected chi connectivity index (χ1v) is 7.26. The van der Waals surface area contributed by atoms with Crippen LogP contribution in [0.1, 0.15) is 25.5 Å². The first kappa shape index (κ1) is 14.6. The minimum absolute atomic E-state index is 0.736. The van der Waals surface area contributed by atoms with E-state index in [0.29, 0.717) is 0 Å². The molecule has 0 saturated carbocycles. The molecule has 1 fully saturated rings. The molecule has 20 heavy (non-hydrogen) atoms. The van der Waals surface area contributed by atoms with Crippen LogP contribution in [0.3, 0.4) is 0 Å². The van der Waals surface area contributed by atoms with E-state index < -0.39 is 0 Å². The van der Waals surface area contributed by atoms with Crippen molar-refractivity contribution in [2.24, 2.45) is 0 Å². The summed E-state index contributed by atoms with van der Waals surface area (Å²) in [5.41, 5.74) is 0.965. The Morgan fingerprint density at radius 1 is 1.30 bits per heavy atom. The quantitative estimate of drug-likeness (QED) is 0.627. The number of aromatic nitrogens is 2. The van der Waals surface area contributed by atoms with Gasteiger partial charge in [0, 0.05) is 44.5 Å². The zero-order valence-corrected chi connectivity index (χ0v) is 12.3. The smallest absolute Gasteiger partial charge is 0.227 e. The van der Waals surface area contributed by atoms with Gasteiger partial charge in [-0.15, -0.1) is 0 Å². The van der Waals surface area contributed by atoms with Crippen molar-refractivity contribution in [2.75, 3.05) is 42.9 Å². The molecule has 0 aliphatic carbocycles. The van der Waals surface area contributed by atoms with E-state index >= 15 is 0 Å². The highest BCUT2D eigenvalue weighted by Crippen LogP contribution is 2.15. The summed E-state index contributed by atoms with van der Waals surface area (Å²) in [4.78, 5) is 23.7. The van der Waals surface area contributed by atoms with E-state index in [2.05, 4.69) is 27.1 Å². The second-order valence-corrected chi connectivity index (χ2v) is 5.10. The fourth-order valence-corrected chi connectivity index (χ4v) is 2.21. The van der Waals surface area contributed by atoms with Crippen molar-refractivity contribution in [3.63, 3.8) is 0 Å². The third kappa shape index (κ3) is 3.82. The van der Waals surface area contributed by atoms with Gasteiger partial charge in [0.25, 0.3) is 0 Å². The molecule has 2 heterocycles. The highest BCUT2D eigenvalue weighted by Gasteiger charge is 2.18. The summed E-state index contributed by atoms with van der Waals surface area (Å²) >= 11 is 0. The number of carbonyl (C=O) groups excluding carboxylic acids is 1. The molecular weight excluding hydrogens is 254 g/mol. The Balaban J connectivity index is 2.02. The zero-order chi connectivity index (χ0) is 14.4. The van der Waals surface area contributed by atoms with E-state index in [0.717, 1.165) is 69.4 Å². The predicted molar refractivity (Wildman–Crippen MR) is 80.0 cm³/mol. The van der Waals surface area contributed by atoms with Gasteiger partial charge >= 0.3 is 0 Å². The molecule has 2 rings (SSSR count). The first-order chi connectivity index (χ1) is 9.72. The molecule has 0 spiro atoms. The summed E-state index contributed by atoms with van der Waals surface area (Å²) in [6, 6.07) is 1.97. The van der Waals surface area contributed by atoms with E-state index in [1.807, 2.05) is 13.0 Å². The SMILES string of the molecule is CCCCNc1cc(C)nc(N2CCN(C=O)CC2)n1. The van der Waals surface area contributed by atoms with Crippen LogP contribution in [0, 0.1) is 6.92 Å². The second kappa shape index (κ2) is 7.07. The number of nitrogens with one attached hydrogen (secondary N) is 1. The monoisotopic (exact) mass is 277 g/mol. The molecule has 0 radical (unpaired) electrons. The van der Waals surface area contributed by atoms with Gasteiger partial charge in [0.15, 0.2) is 0 Å². The van der Waals surface area contributed by atoms with Crippen LogP contribution in [0.15, 0.2) is 6.07 Å². The summed E-state index contributed by atoms with van der Waals surface area (Å²) in [5, 5.41) is 3.34. The minimum Gasteiger partial charge on any atom is -0.370 e. The Morgan fingerprint density at radius 3 is 2.70 bits per heavy atom. The third-order valence-electron chi connectivity index (χ3n) is 3.43. The Labute approximate surface area is 120 Å². The fraction of sp³-hybridized carbons (Fsp3) is 0.643. The predicted octanol–water partition coefficient (Wildman–Crippen LogP) is 1.28. The van der Waals surface area contributed by atoms with E-state index in [1.54, 1.807) is 4.90 Å². The third-order valence-corrected chi connectivity index (χ3v) is 3.43. The Hall–Kier alpha value is -1.85. The number of anilines is 2. The van der Waals surface area contributed by atoms with Crippen LogP contribution < -0.4 is 10.2 Å². The standard InChI is InChI=1S/C14H23N5O/c1-3-4-5-15-13-10-12(2)16-14(17-13)19-8-6-18(11-20)7-9-19/h10-11H,3-9H2,1-2H3,(H,15,16,17). The van der Waals surface area contributed by atoms with Crippen LogP contribution in [0.5, 0.6) is 0 Å². The molecule has 1 saturated heterocycles. The lowest BCUT2D eigenvalue weighted by Crippen LogP contribution is -2.46. The molecular formula is C14H23N5O. The lowest BCUT2D eigenvalue weighted by atomic mass is 10.3.